The van der Waals surface area contributed by atoms with E-state index in [0.717, 1.165) is 43.9 Å². The molecule has 2 aliphatic rings. The van der Waals surface area contributed by atoms with Crippen molar-refractivity contribution in [1.82, 2.24) is 0 Å². The molecule has 2 amide bonds. The van der Waals surface area contributed by atoms with Gasteiger partial charge < -0.3 is 19.7 Å². The van der Waals surface area contributed by atoms with Crippen molar-refractivity contribution >= 4 is 23.2 Å². The number of hydrogen-bond donors (Lipinski definition) is 1. The molecule has 0 aromatic heterocycles. The molecule has 28 heavy (non-hydrogen) atoms. The van der Waals surface area contributed by atoms with Gasteiger partial charge in [0.2, 0.25) is 5.91 Å². The van der Waals surface area contributed by atoms with Crippen LogP contribution in [0.4, 0.5) is 11.4 Å². The average Bonchev–Trinajstić information content (AvgIpc) is 3.38. The number of carbonyl (C=O) groups excluding carboxylic acids is 2. The number of amides is 2. The number of anilines is 2. The number of benzene rings is 2. The molecule has 0 spiro atoms. The van der Waals surface area contributed by atoms with Crippen molar-refractivity contribution < 1.29 is 19.1 Å². The molecule has 2 aromatic rings. The summed E-state index contributed by atoms with van der Waals surface area (Å²) in [5.41, 5.74) is 2.03. The Labute approximate surface area is 164 Å². The number of carbonyl (C=O) groups is 2. The summed E-state index contributed by atoms with van der Waals surface area (Å²) in [6.45, 7) is 2.07. The van der Waals surface area contributed by atoms with Crippen LogP contribution in [0.15, 0.2) is 48.5 Å². The molecule has 0 bridgehead atoms. The second kappa shape index (κ2) is 8.44. The molecular weight excluding hydrogens is 356 g/mol. The van der Waals surface area contributed by atoms with Gasteiger partial charge in [0.15, 0.2) is 0 Å². The van der Waals surface area contributed by atoms with Crippen LogP contribution in [0.25, 0.3) is 0 Å². The van der Waals surface area contributed by atoms with E-state index in [1.807, 2.05) is 24.3 Å². The van der Waals surface area contributed by atoms with Gasteiger partial charge >= 0.3 is 0 Å². The maximum Gasteiger partial charge on any atom is 0.255 e. The van der Waals surface area contributed by atoms with Crippen LogP contribution in [0.5, 0.6) is 5.75 Å². The minimum absolute atomic E-state index is 0.127. The number of nitrogens with one attached hydrogen (secondary N) is 1. The van der Waals surface area contributed by atoms with Gasteiger partial charge in [0.1, 0.15) is 12.4 Å². The third-order valence-electron chi connectivity index (χ3n) is 5.07. The number of rotatable bonds is 6. The summed E-state index contributed by atoms with van der Waals surface area (Å²) in [5.74, 6) is 0.652. The van der Waals surface area contributed by atoms with Crippen LogP contribution < -0.4 is 15.0 Å². The topological polar surface area (TPSA) is 67.9 Å². The first kappa shape index (κ1) is 18.5. The van der Waals surface area contributed by atoms with Gasteiger partial charge in [-0.05, 0) is 61.7 Å². The third-order valence-corrected chi connectivity index (χ3v) is 5.07. The fraction of sp³-hybridized carbons (Fsp3) is 0.364. The van der Waals surface area contributed by atoms with E-state index in [2.05, 4.69) is 5.32 Å². The van der Waals surface area contributed by atoms with Gasteiger partial charge in [-0.3, -0.25) is 9.59 Å². The van der Waals surface area contributed by atoms with Gasteiger partial charge in [-0.25, -0.2) is 0 Å². The first-order chi connectivity index (χ1) is 13.7. The van der Waals surface area contributed by atoms with Crippen LogP contribution in [-0.2, 0) is 9.53 Å². The molecule has 2 saturated heterocycles. The van der Waals surface area contributed by atoms with E-state index < -0.39 is 0 Å². The second-order valence-electron chi connectivity index (χ2n) is 7.12. The summed E-state index contributed by atoms with van der Waals surface area (Å²) in [6, 6.07) is 14.5. The number of ether oxygens (including phenoxy) is 2. The molecule has 2 heterocycles. The quantitative estimate of drug-likeness (QED) is 0.831. The molecule has 2 aromatic carbocycles. The molecule has 1 atom stereocenters. The van der Waals surface area contributed by atoms with Crippen molar-refractivity contribution in [3.05, 3.63) is 54.1 Å². The monoisotopic (exact) mass is 380 g/mol. The summed E-state index contributed by atoms with van der Waals surface area (Å²) in [7, 11) is 0. The van der Waals surface area contributed by atoms with Crippen molar-refractivity contribution in [2.24, 2.45) is 0 Å². The van der Waals surface area contributed by atoms with E-state index in [1.165, 1.54) is 0 Å². The minimum atomic E-state index is -0.199. The largest absolute Gasteiger partial charge is 0.491 e. The van der Waals surface area contributed by atoms with Crippen molar-refractivity contribution in [1.29, 1.82) is 0 Å². The Balaban J connectivity index is 1.36. The summed E-state index contributed by atoms with van der Waals surface area (Å²) < 4.78 is 11.3. The van der Waals surface area contributed by atoms with E-state index >= 15 is 0 Å². The third kappa shape index (κ3) is 4.34. The molecule has 6 heteroatoms. The fourth-order valence-corrected chi connectivity index (χ4v) is 3.54. The molecule has 0 aliphatic carbocycles. The highest BCUT2D eigenvalue weighted by molar-refractivity contribution is 6.05. The van der Waals surface area contributed by atoms with Gasteiger partial charge in [-0.15, -0.1) is 0 Å². The van der Waals surface area contributed by atoms with Crippen molar-refractivity contribution in [2.45, 2.75) is 31.8 Å². The van der Waals surface area contributed by atoms with Crippen molar-refractivity contribution in [3.63, 3.8) is 0 Å². The number of hydrogen-bond acceptors (Lipinski definition) is 4. The molecular formula is C22H24N2O4. The molecule has 1 N–H and O–H groups in total. The van der Waals surface area contributed by atoms with Gasteiger partial charge in [-0.1, -0.05) is 6.07 Å². The zero-order valence-corrected chi connectivity index (χ0v) is 15.7. The Bertz CT molecular complexity index is 844. The van der Waals surface area contributed by atoms with Gasteiger partial charge in [-0.2, -0.15) is 0 Å². The highest BCUT2D eigenvalue weighted by Crippen LogP contribution is 2.25. The van der Waals surface area contributed by atoms with Crippen LogP contribution in [0, 0.1) is 0 Å². The lowest BCUT2D eigenvalue weighted by atomic mass is 10.2. The lowest BCUT2D eigenvalue weighted by Gasteiger charge is -2.17. The molecule has 4 rings (SSSR count). The summed E-state index contributed by atoms with van der Waals surface area (Å²) in [5, 5.41) is 2.90. The average molecular weight is 380 g/mol. The lowest BCUT2D eigenvalue weighted by Crippen LogP contribution is -2.23. The first-order valence-corrected chi connectivity index (χ1v) is 9.75. The van der Waals surface area contributed by atoms with Gasteiger partial charge in [0, 0.05) is 36.5 Å². The molecule has 2 aliphatic heterocycles. The van der Waals surface area contributed by atoms with E-state index in [4.69, 9.17) is 9.47 Å². The van der Waals surface area contributed by atoms with E-state index in [0.29, 0.717) is 24.3 Å². The Kier molecular flexibility index (Phi) is 5.58. The molecule has 146 valence electrons. The predicted octanol–water partition coefficient (Wildman–Crippen LogP) is 3.62. The van der Waals surface area contributed by atoms with Crippen LogP contribution in [0.1, 0.15) is 36.0 Å². The molecule has 6 nitrogen and oxygen atoms in total. The van der Waals surface area contributed by atoms with Crippen molar-refractivity contribution in [3.8, 4) is 5.75 Å². The fourth-order valence-electron chi connectivity index (χ4n) is 3.54. The van der Waals surface area contributed by atoms with E-state index in [-0.39, 0.29) is 17.9 Å². The van der Waals surface area contributed by atoms with Crippen LogP contribution in [0.3, 0.4) is 0 Å². The minimum Gasteiger partial charge on any atom is -0.491 e. The second-order valence-corrected chi connectivity index (χ2v) is 7.12. The molecule has 0 saturated carbocycles. The molecule has 2 fully saturated rings. The van der Waals surface area contributed by atoms with Crippen LogP contribution in [-0.4, -0.2) is 37.7 Å². The summed E-state index contributed by atoms with van der Waals surface area (Å²) in [6.07, 6.45) is 3.73. The van der Waals surface area contributed by atoms with Crippen LogP contribution in [0.2, 0.25) is 0 Å². The predicted molar refractivity (Wildman–Crippen MR) is 107 cm³/mol. The molecule has 0 radical (unpaired) electrons. The highest BCUT2D eigenvalue weighted by atomic mass is 16.5. The maximum atomic E-state index is 12.5. The van der Waals surface area contributed by atoms with Crippen molar-refractivity contribution in [2.75, 3.05) is 30.0 Å². The van der Waals surface area contributed by atoms with Gasteiger partial charge in [0.05, 0.1) is 6.10 Å². The smallest absolute Gasteiger partial charge is 0.255 e. The zero-order valence-electron chi connectivity index (χ0n) is 15.7. The first-order valence-electron chi connectivity index (χ1n) is 9.75. The Morgan fingerprint density at radius 3 is 2.75 bits per heavy atom. The van der Waals surface area contributed by atoms with E-state index in [9.17, 15) is 9.59 Å². The zero-order chi connectivity index (χ0) is 19.3. The SMILES string of the molecule is O=C(Nc1cccc(N2CCCC2=O)c1)c1ccc(OCC2CCCO2)cc1. The van der Waals surface area contributed by atoms with Gasteiger partial charge in [0.25, 0.3) is 5.91 Å². The Morgan fingerprint density at radius 2 is 2.04 bits per heavy atom. The normalized spacial score (nSPS) is 19.1. The Hall–Kier alpha value is -2.86. The van der Waals surface area contributed by atoms with E-state index in [1.54, 1.807) is 29.2 Å². The summed E-state index contributed by atoms with van der Waals surface area (Å²) in [4.78, 5) is 26.2. The molecule has 1 unspecified atom stereocenters. The van der Waals surface area contributed by atoms with Crippen LogP contribution >= 0.6 is 0 Å². The number of nitrogens with zero attached hydrogens (tertiary/aromatic N) is 1. The summed E-state index contributed by atoms with van der Waals surface area (Å²) >= 11 is 0. The lowest BCUT2D eigenvalue weighted by molar-refractivity contribution is -0.117. The standard InChI is InChI=1S/C22H24N2O4/c25-21-7-2-12-24(21)18-5-1-4-17(14-18)23-22(26)16-8-10-19(11-9-16)28-15-20-6-3-13-27-20/h1,4-5,8-11,14,20H,2-3,6-7,12-13,15H2,(H,23,26). The highest BCUT2D eigenvalue weighted by Gasteiger charge is 2.22. The Morgan fingerprint density at radius 1 is 1.18 bits per heavy atom. The maximum absolute atomic E-state index is 12.5.